The summed E-state index contributed by atoms with van der Waals surface area (Å²) >= 11 is 0. The van der Waals surface area contributed by atoms with Crippen molar-refractivity contribution in [1.82, 2.24) is 4.57 Å². The number of carbonyl (C=O) groups excluding carboxylic acids is 1. The zero-order chi connectivity index (χ0) is 12.1. The second kappa shape index (κ2) is 5.88. The maximum atomic E-state index is 11.0. The molecule has 0 saturated carbocycles. The third-order valence-electron chi connectivity index (χ3n) is 3.16. The minimum Gasteiger partial charge on any atom is -0.340 e. The molecule has 16 heavy (non-hydrogen) atoms. The molecular formula is C14H23NO. The third-order valence-corrected chi connectivity index (χ3v) is 3.16. The van der Waals surface area contributed by atoms with Gasteiger partial charge in [0.25, 0.3) is 0 Å². The molecule has 0 fully saturated rings. The van der Waals surface area contributed by atoms with Gasteiger partial charge in [0.2, 0.25) is 0 Å². The Morgan fingerprint density at radius 1 is 1.31 bits per heavy atom. The summed E-state index contributed by atoms with van der Waals surface area (Å²) in [5.41, 5.74) is 2.11. The molecule has 1 rings (SSSR count). The van der Waals surface area contributed by atoms with Crippen molar-refractivity contribution in [3.63, 3.8) is 0 Å². The standard InChI is InChI=1S/C14H23NO/c1-5-12(4)15-13(7-6-11(2)3)8-9-14(15)10-16/h8-12H,5-7H2,1-4H3/t12-/m0/s1. The highest BCUT2D eigenvalue weighted by molar-refractivity contribution is 5.72. The molecule has 2 nitrogen and oxygen atoms in total. The van der Waals surface area contributed by atoms with Crippen LogP contribution < -0.4 is 0 Å². The highest BCUT2D eigenvalue weighted by Crippen LogP contribution is 2.20. The highest BCUT2D eigenvalue weighted by atomic mass is 16.1. The van der Waals surface area contributed by atoms with E-state index >= 15 is 0 Å². The number of rotatable bonds is 6. The van der Waals surface area contributed by atoms with Crippen molar-refractivity contribution in [3.8, 4) is 0 Å². The van der Waals surface area contributed by atoms with Gasteiger partial charge >= 0.3 is 0 Å². The monoisotopic (exact) mass is 221 g/mol. The zero-order valence-electron chi connectivity index (χ0n) is 10.9. The minimum atomic E-state index is 0.414. The molecule has 1 heterocycles. The van der Waals surface area contributed by atoms with Gasteiger partial charge in [0, 0.05) is 11.7 Å². The average Bonchev–Trinajstić information content (AvgIpc) is 2.68. The predicted molar refractivity (Wildman–Crippen MR) is 68.0 cm³/mol. The van der Waals surface area contributed by atoms with Gasteiger partial charge in [-0.1, -0.05) is 20.8 Å². The lowest BCUT2D eigenvalue weighted by molar-refractivity contribution is 0.111. The van der Waals surface area contributed by atoms with Gasteiger partial charge in [0.05, 0.1) is 5.69 Å². The molecule has 0 aliphatic heterocycles. The molecule has 90 valence electrons. The molecule has 0 unspecified atom stereocenters. The fourth-order valence-corrected chi connectivity index (χ4v) is 1.96. The van der Waals surface area contributed by atoms with E-state index in [0.717, 1.165) is 24.8 Å². The van der Waals surface area contributed by atoms with Crippen LogP contribution in [0, 0.1) is 5.92 Å². The average molecular weight is 221 g/mol. The molecule has 1 aromatic heterocycles. The van der Waals surface area contributed by atoms with Crippen molar-refractivity contribution < 1.29 is 4.79 Å². The Balaban J connectivity index is 2.90. The van der Waals surface area contributed by atoms with Crippen LogP contribution in [0.15, 0.2) is 12.1 Å². The van der Waals surface area contributed by atoms with Crippen LogP contribution in [-0.4, -0.2) is 10.9 Å². The summed E-state index contributed by atoms with van der Waals surface area (Å²) in [7, 11) is 0. The van der Waals surface area contributed by atoms with Crippen LogP contribution >= 0.6 is 0 Å². The second-order valence-electron chi connectivity index (χ2n) is 4.93. The molecular weight excluding hydrogens is 198 g/mol. The summed E-state index contributed by atoms with van der Waals surface area (Å²) in [6, 6.07) is 4.45. The molecule has 0 aromatic carbocycles. The Hall–Kier alpha value is -1.05. The lowest BCUT2D eigenvalue weighted by Crippen LogP contribution is -2.11. The molecule has 0 aliphatic carbocycles. The summed E-state index contributed by atoms with van der Waals surface area (Å²) in [4.78, 5) is 11.0. The topological polar surface area (TPSA) is 22.0 Å². The molecule has 0 amide bonds. The summed E-state index contributed by atoms with van der Waals surface area (Å²) in [6.45, 7) is 8.80. The number of carbonyl (C=O) groups is 1. The van der Waals surface area contributed by atoms with Crippen LogP contribution in [0.1, 0.15) is 62.8 Å². The van der Waals surface area contributed by atoms with E-state index in [-0.39, 0.29) is 0 Å². The van der Waals surface area contributed by atoms with Crippen molar-refractivity contribution in [2.75, 3.05) is 0 Å². The summed E-state index contributed by atoms with van der Waals surface area (Å²) < 4.78 is 2.19. The summed E-state index contributed by atoms with van der Waals surface area (Å²) in [5.74, 6) is 0.708. The van der Waals surface area contributed by atoms with Crippen molar-refractivity contribution in [2.24, 2.45) is 5.92 Å². The van der Waals surface area contributed by atoms with Gasteiger partial charge in [-0.25, -0.2) is 0 Å². The van der Waals surface area contributed by atoms with E-state index in [1.54, 1.807) is 0 Å². The highest BCUT2D eigenvalue weighted by Gasteiger charge is 2.12. The predicted octanol–water partition coefficient (Wildman–Crippen LogP) is 3.86. The Bertz CT molecular complexity index is 339. The quantitative estimate of drug-likeness (QED) is 0.668. The molecule has 0 bridgehead atoms. The fraction of sp³-hybridized carbons (Fsp3) is 0.643. The van der Waals surface area contributed by atoms with E-state index in [4.69, 9.17) is 0 Å². The lowest BCUT2D eigenvalue weighted by Gasteiger charge is -2.18. The van der Waals surface area contributed by atoms with Crippen LogP contribution in [0.25, 0.3) is 0 Å². The number of aromatic nitrogens is 1. The van der Waals surface area contributed by atoms with Crippen LogP contribution in [0.4, 0.5) is 0 Å². The van der Waals surface area contributed by atoms with E-state index in [1.165, 1.54) is 12.1 Å². The smallest absolute Gasteiger partial charge is 0.166 e. The molecule has 0 aliphatic rings. The van der Waals surface area contributed by atoms with Crippen LogP contribution in [0.2, 0.25) is 0 Å². The van der Waals surface area contributed by atoms with E-state index in [0.29, 0.717) is 12.0 Å². The fourth-order valence-electron chi connectivity index (χ4n) is 1.96. The number of hydrogen-bond acceptors (Lipinski definition) is 1. The molecule has 2 heteroatoms. The van der Waals surface area contributed by atoms with E-state index in [2.05, 4.69) is 38.3 Å². The number of hydrogen-bond donors (Lipinski definition) is 0. The Kier molecular flexibility index (Phi) is 4.78. The summed E-state index contributed by atoms with van der Waals surface area (Å²) in [6.07, 6.45) is 4.27. The minimum absolute atomic E-state index is 0.414. The molecule has 1 aromatic rings. The number of aldehydes is 1. The zero-order valence-corrected chi connectivity index (χ0v) is 10.9. The Morgan fingerprint density at radius 3 is 2.50 bits per heavy atom. The molecule has 0 spiro atoms. The number of aryl methyl sites for hydroxylation is 1. The molecule has 0 radical (unpaired) electrons. The van der Waals surface area contributed by atoms with Crippen LogP contribution in [-0.2, 0) is 6.42 Å². The normalized spacial score (nSPS) is 13.1. The first kappa shape index (κ1) is 13.0. The first-order chi connectivity index (χ1) is 7.60. The molecule has 0 saturated heterocycles. The van der Waals surface area contributed by atoms with Gasteiger partial charge in [0.1, 0.15) is 0 Å². The lowest BCUT2D eigenvalue weighted by atomic mass is 10.1. The van der Waals surface area contributed by atoms with Gasteiger partial charge < -0.3 is 4.57 Å². The van der Waals surface area contributed by atoms with Crippen molar-refractivity contribution in [3.05, 3.63) is 23.5 Å². The first-order valence-corrected chi connectivity index (χ1v) is 6.25. The maximum absolute atomic E-state index is 11.0. The van der Waals surface area contributed by atoms with Gasteiger partial charge in [0.15, 0.2) is 6.29 Å². The van der Waals surface area contributed by atoms with Gasteiger partial charge in [-0.15, -0.1) is 0 Å². The third kappa shape index (κ3) is 2.97. The second-order valence-corrected chi connectivity index (χ2v) is 4.93. The van der Waals surface area contributed by atoms with Crippen molar-refractivity contribution in [1.29, 1.82) is 0 Å². The van der Waals surface area contributed by atoms with Gasteiger partial charge in [-0.3, -0.25) is 4.79 Å². The molecule has 0 N–H and O–H groups in total. The van der Waals surface area contributed by atoms with Gasteiger partial charge in [-0.2, -0.15) is 0 Å². The van der Waals surface area contributed by atoms with Crippen LogP contribution in [0.5, 0.6) is 0 Å². The van der Waals surface area contributed by atoms with E-state index in [1.807, 2.05) is 6.07 Å². The molecule has 1 atom stereocenters. The van der Waals surface area contributed by atoms with Crippen molar-refractivity contribution in [2.45, 2.75) is 53.0 Å². The largest absolute Gasteiger partial charge is 0.340 e. The summed E-state index contributed by atoms with van der Waals surface area (Å²) in [5, 5.41) is 0. The van der Waals surface area contributed by atoms with E-state index < -0.39 is 0 Å². The Morgan fingerprint density at radius 2 is 2.00 bits per heavy atom. The van der Waals surface area contributed by atoms with E-state index in [9.17, 15) is 4.79 Å². The number of nitrogens with zero attached hydrogens (tertiary/aromatic N) is 1. The van der Waals surface area contributed by atoms with Gasteiger partial charge in [-0.05, 0) is 44.2 Å². The van der Waals surface area contributed by atoms with Crippen LogP contribution in [0.3, 0.4) is 0 Å². The first-order valence-electron chi connectivity index (χ1n) is 6.25. The van der Waals surface area contributed by atoms with Crippen molar-refractivity contribution >= 4 is 6.29 Å². The SMILES string of the molecule is CC[C@H](C)n1c(C=O)ccc1CCC(C)C. The Labute approximate surface area is 98.7 Å². The maximum Gasteiger partial charge on any atom is 0.166 e.